The first kappa shape index (κ1) is 14.3. The second-order valence-electron chi connectivity index (χ2n) is 4.01. The fraction of sp³-hybridized carbons (Fsp3) is 0.231. The molecule has 0 atom stereocenters. The van der Waals surface area contributed by atoms with Crippen molar-refractivity contribution in [2.45, 2.75) is 13.3 Å². The van der Waals surface area contributed by atoms with Gasteiger partial charge in [-0.1, -0.05) is 13.0 Å². The van der Waals surface area contributed by atoms with Crippen LogP contribution in [0.25, 0.3) is 6.08 Å². The number of carbonyl (C=O) groups excluding carboxylic acids is 2. The van der Waals surface area contributed by atoms with Gasteiger partial charge in [-0.2, -0.15) is 0 Å². The molecule has 3 nitrogen and oxygen atoms in total. The van der Waals surface area contributed by atoms with Gasteiger partial charge in [0.2, 0.25) is 0 Å². The number of hydrogen-bond donors (Lipinski definition) is 0. The van der Waals surface area contributed by atoms with Crippen molar-refractivity contribution >= 4 is 44.9 Å². The van der Waals surface area contributed by atoms with Crippen LogP contribution >= 0.6 is 27.7 Å². The summed E-state index contributed by atoms with van der Waals surface area (Å²) in [6.45, 7) is 2.33. The first-order valence-electron chi connectivity index (χ1n) is 5.73. The van der Waals surface area contributed by atoms with E-state index in [1.54, 1.807) is 18.2 Å². The molecule has 1 aliphatic heterocycles. The Morgan fingerprint density at radius 2 is 2.16 bits per heavy atom. The van der Waals surface area contributed by atoms with Gasteiger partial charge in [0.15, 0.2) is 0 Å². The average Bonchev–Trinajstić information content (AvgIpc) is 2.62. The lowest BCUT2D eigenvalue weighted by molar-refractivity contribution is -0.122. The fourth-order valence-electron chi connectivity index (χ4n) is 1.67. The lowest BCUT2D eigenvalue weighted by atomic mass is 10.2. The largest absolute Gasteiger partial charge is 0.293 e. The Hall–Kier alpha value is -1.14. The van der Waals surface area contributed by atoms with E-state index in [4.69, 9.17) is 0 Å². The molecule has 1 fully saturated rings. The summed E-state index contributed by atoms with van der Waals surface area (Å²) in [5, 5.41) is -0.251. The van der Waals surface area contributed by atoms with E-state index in [0.29, 0.717) is 21.5 Å². The first-order valence-corrected chi connectivity index (χ1v) is 7.34. The molecule has 1 aromatic carbocycles. The quantitative estimate of drug-likeness (QED) is 0.777. The van der Waals surface area contributed by atoms with Crippen molar-refractivity contribution in [1.29, 1.82) is 0 Å². The van der Waals surface area contributed by atoms with Crippen LogP contribution in [0.15, 0.2) is 27.6 Å². The molecular weight excluding hydrogens is 333 g/mol. The molecule has 1 heterocycles. The number of benzene rings is 1. The first-order chi connectivity index (χ1) is 9.02. The fourth-order valence-corrected chi connectivity index (χ4v) is 2.93. The number of carbonyl (C=O) groups is 2. The van der Waals surface area contributed by atoms with Crippen LogP contribution in [-0.2, 0) is 4.79 Å². The van der Waals surface area contributed by atoms with E-state index >= 15 is 0 Å². The summed E-state index contributed by atoms with van der Waals surface area (Å²) >= 11 is 4.00. The van der Waals surface area contributed by atoms with Gasteiger partial charge in [0.05, 0.1) is 9.38 Å². The van der Waals surface area contributed by atoms with Gasteiger partial charge in [0, 0.05) is 6.54 Å². The minimum atomic E-state index is -0.365. The molecule has 1 saturated heterocycles. The summed E-state index contributed by atoms with van der Waals surface area (Å²) in [5.41, 5.74) is 0.676. The van der Waals surface area contributed by atoms with Crippen LogP contribution in [0.2, 0.25) is 0 Å². The Labute approximate surface area is 123 Å². The van der Waals surface area contributed by atoms with E-state index in [2.05, 4.69) is 15.9 Å². The third-order valence-corrected chi connectivity index (χ3v) is 4.08. The van der Waals surface area contributed by atoms with Crippen molar-refractivity contribution in [3.63, 3.8) is 0 Å². The zero-order chi connectivity index (χ0) is 14.0. The van der Waals surface area contributed by atoms with E-state index in [1.807, 2.05) is 6.92 Å². The van der Waals surface area contributed by atoms with Crippen LogP contribution in [0, 0.1) is 5.82 Å². The predicted octanol–water partition coefficient (Wildman–Crippen LogP) is 4.03. The van der Waals surface area contributed by atoms with Gasteiger partial charge >= 0.3 is 0 Å². The monoisotopic (exact) mass is 343 g/mol. The van der Waals surface area contributed by atoms with E-state index < -0.39 is 0 Å². The summed E-state index contributed by atoms with van der Waals surface area (Å²) in [7, 11) is 0. The number of amides is 2. The zero-order valence-electron chi connectivity index (χ0n) is 10.2. The Bertz CT molecular complexity index is 574. The lowest BCUT2D eigenvalue weighted by Gasteiger charge is -2.09. The maximum Gasteiger partial charge on any atom is 0.293 e. The van der Waals surface area contributed by atoms with Crippen LogP contribution in [0.5, 0.6) is 0 Å². The van der Waals surface area contributed by atoms with E-state index in [0.717, 1.165) is 18.2 Å². The number of halogens is 2. The second-order valence-corrected chi connectivity index (χ2v) is 5.85. The van der Waals surface area contributed by atoms with Gasteiger partial charge in [0.1, 0.15) is 5.82 Å². The van der Waals surface area contributed by atoms with Gasteiger partial charge in [-0.3, -0.25) is 14.5 Å². The van der Waals surface area contributed by atoms with Crippen LogP contribution in [0.1, 0.15) is 18.9 Å². The number of thioether (sulfide) groups is 1. The number of nitrogens with zero attached hydrogens (tertiary/aromatic N) is 1. The summed E-state index contributed by atoms with van der Waals surface area (Å²) in [5.74, 6) is -0.645. The Balaban J connectivity index is 2.27. The number of rotatable bonds is 3. The van der Waals surface area contributed by atoms with Crippen molar-refractivity contribution in [2.75, 3.05) is 6.54 Å². The van der Waals surface area contributed by atoms with Gasteiger partial charge in [-0.15, -0.1) is 0 Å². The van der Waals surface area contributed by atoms with Crippen molar-refractivity contribution in [1.82, 2.24) is 4.90 Å². The molecule has 1 aliphatic rings. The van der Waals surface area contributed by atoms with Crippen molar-refractivity contribution in [3.05, 3.63) is 39.0 Å². The van der Waals surface area contributed by atoms with Crippen molar-refractivity contribution in [2.24, 2.45) is 0 Å². The molecule has 0 aliphatic carbocycles. The molecule has 2 amide bonds. The highest BCUT2D eigenvalue weighted by molar-refractivity contribution is 9.10. The molecule has 0 unspecified atom stereocenters. The molecule has 6 heteroatoms. The molecule has 0 N–H and O–H groups in total. The Morgan fingerprint density at radius 3 is 2.79 bits per heavy atom. The predicted molar refractivity (Wildman–Crippen MR) is 77.1 cm³/mol. The summed E-state index contributed by atoms with van der Waals surface area (Å²) in [4.78, 5) is 25.2. The van der Waals surface area contributed by atoms with E-state index in [-0.39, 0.29) is 17.0 Å². The maximum atomic E-state index is 13.1. The number of hydrogen-bond acceptors (Lipinski definition) is 3. The highest BCUT2D eigenvalue weighted by Crippen LogP contribution is 2.32. The van der Waals surface area contributed by atoms with Crippen LogP contribution in [0.4, 0.5) is 9.18 Å². The van der Waals surface area contributed by atoms with Crippen LogP contribution in [-0.4, -0.2) is 22.6 Å². The third-order valence-electron chi connectivity index (χ3n) is 2.56. The summed E-state index contributed by atoms with van der Waals surface area (Å²) < 4.78 is 13.4. The average molecular weight is 344 g/mol. The minimum absolute atomic E-state index is 0.251. The van der Waals surface area contributed by atoms with Crippen LogP contribution < -0.4 is 0 Å². The Morgan fingerprint density at radius 1 is 1.42 bits per heavy atom. The molecule has 0 aromatic heterocycles. The molecule has 1 aromatic rings. The molecule has 0 spiro atoms. The molecule has 100 valence electrons. The standard InChI is InChI=1S/C13H11BrFNO2S/c1-2-5-16-12(17)11(19-13(16)18)7-8-3-4-10(15)9(14)6-8/h3-4,6-7H,2,5H2,1H3/b11-7+. The molecule has 0 saturated carbocycles. The van der Waals surface area contributed by atoms with E-state index in [9.17, 15) is 14.0 Å². The smallest absolute Gasteiger partial charge is 0.268 e. The van der Waals surface area contributed by atoms with Gasteiger partial charge in [0.25, 0.3) is 11.1 Å². The topological polar surface area (TPSA) is 37.4 Å². The zero-order valence-corrected chi connectivity index (χ0v) is 12.6. The SMILES string of the molecule is CCCN1C(=O)S/C(=C/c2ccc(F)c(Br)c2)C1=O. The van der Waals surface area contributed by atoms with Gasteiger partial charge in [-0.25, -0.2) is 4.39 Å². The summed E-state index contributed by atoms with van der Waals surface area (Å²) in [6.07, 6.45) is 2.33. The summed E-state index contributed by atoms with van der Waals surface area (Å²) in [6, 6.07) is 4.45. The second kappa shape index (κ2) is 5.88. The normalized spacial score (nSPS) is 17.6. The van der Waals surface area contributed by atoms with Crippen molar-refractivity contribution in [3.8, 4) is 0 Å². The van der Waals surface area contributed by atoms with Crippen LogP contribution in [0.3, 0.4) is 0 Å². The highest BCUT2D eigenvalue weighted by Gasteiger charge is 2.34. The molecule has 19 heavy (non-hydrogen) atoms. The molecule has 0 bridgehead atoms. The van der Waals surface area contributed by atoms with Gasteiger partial charge in [-0.05, 0) is 57.9 Å². The lowest BCUT2D eigenvalue weighted by Crippen LogP contribution is -2.28. The minimum Gasteiger partial charge on any atom is -0.268 e. The van der Waals surface area contributed by atoms with Gasteiger partial charge < -0.3 is 0 Å². The Kier molecular flexibility index (Phi) is 4.42. The van der Waals surface area contributed by atoms with Crippen molar-refractivity contribution < 1.29 is 14.0 Å². The third kappa shape index (κ3) is 3.06. The number of imide groups is 1. The van der Waals surface area contributed by atoms with E-state index in [1.165, 1.54) is 11.0 Å². The molecule has 0 radical (unpaired) electrons. The highest BCUT2D eigenvalue weighted by atomic mass is 79.9. The maximum absolute atomic E-state index is 13.1. The molecular formula is C13H11BrFNO2S. The molecule has 2 rings (SSSR count).